The number of rotatable bonds is 2. The monoisotopic (exact) mass is 260 g/mol. The number of hydrogen-bond acceptors (Lipinski definition) is 5. The molecule has 1 amide bonds. The summed E-state index contributed by atoms with van der Waals surface area (Å²) in [4.78, 5) is 12.0. The minimum Gasteiger partial charge on any atom is -0.312 e. The van der Waals surface area contributed by atoms with Crippen LogP contribution in [0, 0.1) is 0 Å². The molecule has 2 heterocycles. The van der Waals surface area contributed by atoms with Gasteiger partial charge in [0.1, 0.15) is 5.00 Å². The van der Waals surface area contributed by atoms with Crippen LogP contribution in [0.1, 0.15) is 21.5 Å². The number of nitrogens with one attached hydrogen (secondary N) is 2. The highest BCUT2D eigenvalue weighted by atomic mass is 32.1. The Morgan fingerprint density at radius 1 is 1.39 bits per heavy atom. The molecular formula is C12H12N4OS. The lowest BCUT2D eigenvalue weighted by molar-refractivity contribution is 0.102. The summed E-state index contributed by atoms with van der Waals surface area (Å²) in [7, 11) is 0. The molecule has 0 atom stereocenters. The SMILES string of the molecule is O=C(Nc1cnns1)c1ccc2c(c1)CNCC2. The third-order valence-electron chi connectivity index (χ3n) is 2.95. The third kappa shape index (κ3) is 2.25. The maximum Gasteiger partial charge on any atom is 0.256 e. The Morgan fingerprint density at radius 3 is 3.17 bits per heavy atom. The first-order valence-corrected chi connectivity index (χ1v) is 6.51. The number of carbonyl (C=O) groups excluding carboxylic acids is 1. The Labute approximate surface area is 108 Å². The van der Waals surface area contributed by atoms with Gasteiger partial charge in [0.25, 0.3) is 5.91 Å². The fourth-order valence-corrected chi connectivity index (χ4v) is 2.44. The van der Waals surface area contributed by atoms with Gasteiger partial charge in [-0.05, 0) is 36.2 Å². The Morgan fingerprint density at radius 2 is 2.33 bits per heavy atom. The zero-order chi connectivity index (χ0) is 12.4. The van der Waals surface area contributed by atoms with Gasteiger partial charge in [0.15, 0.2) is 0 Å². The van der Waals surface area contributed by atoms with Gasteiger partial charge in [-0.3, -0.25) is 4.79 Å². The predicted molar refractivity (Wildman–Crippen MR) is 69.7 cm³/mol. The maximum atomic E-state index is 12.0. The van der Waals surface area contributed by atoms with Crippen LogP contribution in [0.5, 0.6) is 0 Å². The average molecular weight is 260 g/mol. The molecule has 1 aliphatic rings. The normalized spacial score (nSPS) is 14.0. The maximum absolute atomic E-state index is 12.0. The summed E-state index contributed by atoms with van der Waals surface area (Å²) in [5.74, 6) is -0.116. The Balaban J connectivity index is 1.81. The van der Waals surface area contributed by atoms with Crippen LogP contribution < -0.4 is 10.6 Å². The third-order valence-corrected chi connectivity index (χ3v) is 3.53. The van der Waals surface area contributed by atoms with E-state index < -0.39 is 0 Å². The van der Waals surface area contributed by atoms with Gasteiger partial charge in [0.2, 0.25) is 0 Å². The molecule has 18 heavy (non-hydrogen) atoms. The summed E-state index contributed by atoms with van der Waals surface area (Å²) in [5.41, 5.74) is 3.20. The van der Waals surface area contributed by atoms with Crippen LogP contribution in [-0.4, -0.2) is 22.0 Å². The van der Waals surface area contributed by atoms with Crippen LogP contribution in [0.25, 0.3) is 0 Å². The first kappa shape index (κ1) is 11.3. The van der Waals surface area contributed by atoms with E-state index in [9.17, 15) is 4.79 Å². The number of nitrogens with zero attached hydrogens (tertiary/aromatic N) is 2. The van der Waals surface area contributed by atoms with Gasteiger partial charge >= 0.3 is 0 Å². The lowest BCUT2D eigenvalue weighted by atomic mass is 9.98. The smallest absolute Gasteiger partial charge is 0.256 e. The van der Waals surface area contributed by atoms with E-state index in [2.05, 4.69) is 20.2 Å². The second-order valence-electron chi connectivity index (χ2n) is 4.15. The van der Waals surface area contributed by atoms with E-state index >= 15 is 0 Å². The topological polar surface area (TPSA) is 66.9 Å². The molecule has 1 aliphatic heterocycles. The van der Waals surface area contributed by atoms with Crippen molar-refractivity contribution in [3.05, 3.63) is 41.1 Å². The summed E-state index contributed by atoms with van der Waals surface area (Å²) >= 11 is 1.17. The zero-order valence-electron chi connectivity index (χ0n) is 9.64. The summed E-state index contributed by atoms with van der Waals surface area (Å²) in [6.45, 7) is 1.84. The minimum atomic E-state index is -0.116. The number of benzene rings is 1. The van der Waals surface area contributed by atoms with Gasteiger partial charge < -0.3 is 10.6 Å². The molecule has 0 fully saturated rings. The van der Waals surface area contributed by atoms with E-state index in [1.54, 1.807) is 6.20 Å². The van der Waals surface area contributed by atoms with Crippen molar-refractivity contribution in [2.75, 3.05) is 11.9 Å². The lowest BCUT2D eigenvalue weighted by Gasteiger charge is -2.17. The van der Waals surface area contributed by atoms with Crippen LogP contribution in [0.4, 0.5) is 5.00 Å². The molecule has 0 saturated carbocycles. The van der Waals surface area contributed by atoms with E-state index in [0.717, 1.165) is 19.5 Å². The van der Waals surface area contributed by atoms with E-state index in [1.165, 1.54) is 22.7 Å². The van der Waals surface area contributed by atoms with E-state index in [0.29, 0.717) is 10.6 Å². The Bertz CT molecular complexity index is 567. The van der Waals surface area contributed by atoms with Crippen molar-refractivity contribution in [3.63, 3.8) is 0 Å². The molecule has 2 aromatic rings. The fraction of sp³-hybridized carbons (Fsp3) is 0.250. The van der Waals surface area contributed by atoms with Crippen molar-refractivity contribution in [1.82, 2.24) is 14.9 Å². The van der Waals surface area contributed by atoms with Crippen molar-refractivity contribution < 1.29 is 4.79 Å². The Hall–Kier alpha value is -1.79. The fourth-order valence-electron chi connectivity index (χ4n) is 2.03. The molecule has 3 rings (SSSR count). The lowest BCUT2D eigenvalue weighted by Crippen LogP contribution is -2.24. The number of fused-ring (bicyclic) bond motifs is 1. The number of anilines is 1. The quantitative estimate of drug-likeness (QED) is 0.857. The van der Waals surface area contributed by atoms with Gasteiger partial charge in [-0.25, -0.2) is 0 Å². The summed E-state index contributed by atoms with van der Waals surface area (Å²) in [5, 5.41) is 10.4. The molecule has 1 aromatic carbocycles. The number of aromatic nitrogens is 2. The van der Waals surface area contributed by atoms with Crippen molar-refractivity contribution >= 4 is 22.4 Å². The molecule has 2 N–H and O–H groups in total. The molecule has 0 spiro atoms. The van der Waals surface area contributed by atoms with Gasteiger partial charge in [-0.15, -0.1) is 5.10 Å². The van der Waals surface area contributed by atoms with Crippen LogP contribution in [0.3, 0.4) is 0 Å². The van der Waals surface area contributed by atoms with Crippen molar-refractivity contribution in [3.8, 4) is 0 Å². The highest BCUT2D eigenvalue weighted by Gasteiger charge is 2.13. The van der Waals surface area contributed by atoms with Crippen LogP contribution in [0.15, 0.2) is 24.4 Å². The summed E-state index contributed by atoms with van der Waals surface area (Å²) in [6, 6.07) is 5.86. The molecule has 0 unspecified atom stereocenters. The van der Waals surface area contributed by atoms with Crippen LogP contribution in [-0.2, 0) is 13.0 Å². The van der Waals surface area contributed by atoms with Crippen molar-refractivity contribution in [2.45, 2.75) is 13.0 Å². The van der Waals surface area contributed by atoms with Crippen LogP contribution in [0.2, 0.25) is 0 Å². The average Bonchev–Trinajstić information content (AvgIpc) is 2.91. The second-order valence-corrected chi connectivity index (χ2v) is 4.93. The minimum absolute atomic E-state index is 0.116. The van der Waals surface area contributed by atoms with Crippen molar-refractivity contribution in [2.24, 2.45) is 0 Å². The molecule has 92 valence electrons. The first-order chi connectivity index (χ1) is 8.83. The zero-order valence-corrected chi connectivity index (χ0v) is 10.5. The molecule has 6 heteroatoms. The highest BCUT2D eigenvalue weighted by molar-refractivity contribution is 7.10. The van der Waals surface area contributed by atoms with Gasteiger partial charge in [-0.2, -0.15) is 0 Å². The predicted octanol–water partition coefficient (Wildman–Crippen LogP) is 1.44. The van der Waals surface area contributed by atoms with E-state index in [1.807, 2.05) is 18.2 Å². The first-order valence-electron chi connectivity index (χ1n) is 5.74. The molecule has 0 saturated heterocycles. The van der Waals surface area contributed by atoms with Crippen LogP contribution >= 0.6 is 11.5 Å². The highest BCUT2D eigenvalue weighted by Crippen LogP contribution is 2.17. The molecule has 0 bridgehead atoms. The number of hydrogen-bond donors (Lipinski definition) is 2. The standard InChI is InChI=1S/C12H12N4OS/c17-12(15-11-7-14-16-18-11)9-2-1-8-3-4-13-6-10(8)5-9/h1-2,5,7,13H,3-4,6H2,(H,15,17). The largest absolute Gasteiger partial charge is 0.312 e. The number of amides is 1. The molecule has 0 aliphatic carbocycles. The molecule has 1 aromatic heterocycles. The summed E-state index contributed by atoms with van der Waals surface area (Å²) < 4.78 is 3.71. The van der Waals surface area contributed by atoms with Gasteiger partial charge in [0.05, 0.1) is 6.20 Å². The molecule has 0 radical (unpaired) electrons. The van der Waals surface area contributed by atoms with Crippen molar-refractivity contribution in [1.29, 1.82) is 0 Å². The number of carbonyl (C=O) groups is 1. The molecule has 5 nitrogen and oxygen atoms in total. The van der Waals surface area contributed by atoms with E-state index in [4.69, 9.17) is 0 Å². The van der Waals surface area contributed by atoms with Gasteiger partial charge in [0, 0.05) is 23.6 Å². The van der Waals surface area contributed by atoms with Gasteiger partial charge in [-0.1, -0.05) is 10.6 Å². The Kier molecular flexibility index (Phi) is 3.04. The summed E-state index contributed by atoms with van der Waals surface area (Å²) in [6.07, 6.45) is 2.57. The van der Waals surface area contributed by atoms with E-state index in [-0.39, 0.29) is 5.91 Å². The second kappa shape index (κ2) is 4.83. The molecular weight excluding hydrogens is 248 g/mol.